The normalized spacial score (nSPS) is 41.2. The molecule has 15 heavy (non-hydrogen) atoms. The molecule has 0 aromatic carbocycles. The van der Waals surface area contributed by atoms with Crippen LogP contribution < -0.4 is 0 Å². The fraction of sp³-hybridized carbons (Fsp3) is 1.00. The van der Waals surface area contributed by atoms with Crippen molar-refractivity contribution in [2.24, 2.45) is 5.41 Å². The Morgan fingerprint density at radius 2 is 2.20 bits per heavy atom. The molecule has 0 radical (unpaired) electrons. The minimum atomic E-state index is 0.367. The van der Waals surface area contributed by atoms with Crippen LogP contribution in [0.4, 0.5) is 0 Å². The molecule has 3 heteroatoms. The van der Waals surface area contributed by atoms with E-state index in [0.717, 1.165) is 18.5 Å². The molecule has 88 valence electrons. The van der Waals surface area contributed by atoms with Gasteiger partial charge in [-0.25, -0.2) is 0 Å². The number of ether oxygens (including phenoxy) is 2. The van der Waals surface area contributed by atoms with Gasteiger partial charge in [-0.05, 0) is 39.0 Å². The maximum Gasteiger partial charge on any atom is 0.0612 e. The van der Waals surface area contributed by atoms with Crippen LogP contribution in [0.25, 0.3) is 0 Å². The first kappa shape index (κ1) is 11.9. The summed E-state index contributed by atoms with van der Waals surface area (Å²) >= 11 is 3.66. The van der Waals surface area contributed by atoms with Gasteiger partial charge in [0.1, 0.15) is 0 Å². The quantitative estimate of drug-likeness (QED) is 0.735. The summed E-state index contributed by atoms with van der Waals surface area (Å²) in [5.41, 5.74) is 0.367. The van der Waals surface area contributed by atoms with Crippen molar-refractivity contribution >= 4 is 15.9 Å². The third-order valence-electron chi connectivity index (χ3n) is 4.08. The molecule has 2 nitrogen and oxygen atoms in total. The number of hydrogen-bond donors (Lipinski definition) is 0. The summed E-state index contributed by atoms with van der Waals surface area (Å²) in [6.07, 6.45) is 7.08. The zero-order valence-electron chi connectivity index (χ0n) is 9.51. The Morgan fingerprint density at radius 3 is 2.73 bits per heavy atom. The van der Waals surface area contributed by atoms with Crippen LogP contribution in [0.15, 0.2) is 0 Å². The van der Waals surface area contributed by atoms with E-state index in [2.05, 4.69) is 22.9 Å². The van der Waals surface area contributed by atoms with Gasteiger partial charge in [0, 0.05) is 24.0 Å². The van der Waals surface area contributed by atoms with Crippen molar-refractivity contribution in [3.05, 3.63) is 0 Å². The van der Waals surface area contributed by atoms with Crippen LogP contribution in [-0.4, -0.2) is 30.8 Å². The predicted octanol–water partition coefficient (Wildman–Crippen LogP) is 3.14. The third kappa shape index (κ3) is 2.56. The summed E-state index contributed by atoms with van der Waals surface area (Å²) in [5, 5.41) is 1.06. The summed E-state index contributed by atoms with van der Waals surface area (Å²) in [4.78, 5) is 0. The summed E-state index contributed by atoms with van der Waals surface area (Å²) in [7, 11) is 0. The first-order valence-electron chi connectivity index (χ1n) is 6.06. The first-order chi connectivity index (χ1) is 7.27. The van der Waals surface area contributed by atoms with Crippen molar-refractivity contribution in [2.75, 3.05) is 18.5 Å². The van der Waals surface area contributed by atoms with Crippen LogP contribution in [0.3, 0.4) is 0 Å². The second-order valence-electron chi connectivity index (χ2n) is 4.93. The third-order valence-corrected chi connectivity index (χ3v) is 5.20. The molecule has 0 bridgehead atoms. The molecule has 2 aliphatic rings. The topological polar surface area (TPSA) is 18.5 Å². The lowest BCUT2D eigenvalue weighted by Crippen LogP contribution is -2.31. The largest absolute Gasteiger partial charge is 0.378 e. The van der Waals surface area contributed by atoms with Crippen molar-refractivity contribution in [1.82, 2.24) is 0 Å². The van der Waals surface area contributed by atoms with E-state index in [9.17, 15) is 0 Å². The minimum absolute atomic E-state index is 0.367. The highest BCUT2D eigenvalue weighted by atomic mass is 79.9. The van der Waals surface area contributed by atoms with Crippen molar-refractivity contribution < 1.29 is 9.47 Å². The van der Waals surface area contributed by atoms with Gasteiger partial charge in [0.2, 0.25) is 0 Å². The molecule has 3 atom stereocenters. The predicted molar refractivity (Wildman–Crippen MR) is 64.5 cm³/mol. The Morgan fingerprint density at radius 1 is 1.33 bits per heavy atom. The molecule has 0 aromatic heterocycles. The molecule has 0 N–H and O–H groups in total. The number of alkyl halides is 1. The van der Waals surface area contributed by atoms with Gasteiger partial charge in [-0.3, -0.25) is 0 Å². The zero-order valence-corrected chi connectivity index (χ0v) is 11.1. The molecular formula is C12H21BrO2. The highest BCUT2D eigenvalue weighted by Crippen LogP contribution is 2.41. The summed E-state index contributed by atoms with van der Waals surface area (Å²) in [6.45, 7) is 4.11. The highest BCUT2D eigenvalue weighted by molar-refractivity contribution is 9.09. The SMILES string of the molecule is CC1OCCC1(CBr)CCC1CCCO1. The number of rotatable bonds is 4. The number of halogens is 1. The molecule has 2 fully saturated rings. The van der Waals surface area contributed by atoms with E-state index in [0.29, 0.717) is 17.6 Å². The molecule has 0 spiro atoms. The fourth-order valence-electron chi connectivity index (χ4n) is 2.71. The van der Waals surface area contributed by atoms with Crippen molar-refractivity contribution in [2.45, 2.75) is 51.2 Å². The summed E-state index contributed by atoms with van der Waals surface area (Å²) in [5.74, 6) is 0. The molecule has 0 aliphatic carbocycles. The Hall–Kier alpha value is 0.400. The Bertz CT molecular complexity index is 204. The second-order valence-corrected chi connectivity index (χ2v) is 5.49. The van der Waals surface area contributed by atoms with E-state index in [1.807, 2.05) is 0 Å². The maximum atomic E-state index is 5.70. The van der Waals surface area contributed by atoms with Gasteiger partial charge in [-0.1, -0.05) is 15.9 Å². The van der Waals surface area contributed by atoms with Crippen LogP contribution in [0.5, 0.6) is 0 Å². The van der Waals surface area contributed by atoms with E-state index in [-0.39, 0.29) is 0 Å². The molecule has 2 rings (SSSR count). The Kier molecular flexibility index (Phi) is 4.08. The average Bonchev–Trinajstić information content (AvgIpc) is 2.85. The monoisotopic (exact) mass is 276 g/mol. The average molecular weight is 277 g/mol. The van der Waals surface area contributed by atoms with Gasteiger partial charge < -0.3 is 9.47 Å². The molecule has 3 unspecified atom stereocenters. The molecule has 2 aliphatic heterocycles. The van der Waals surface area contributed by atoms with E-state index in [1.165, 1.54) is 32.1 Å². The molecular weight excluding hydrogens is 256 g/mol. The summed E-state index contributed by atoms with van der Waals surface area (Å²) < 4.78 is 11.4. The van der Waals surface area contributed by atoms with Crippen LogP contribution >= 0.6 is 15.9 Å². The maximum absolute atomic E-state index is 5.70. The van der Waals surface area contributed by atoms with Crippen LogP contribution in [-0.2, 0) is 9.47 Å². The van der Waals surface area contributed by atoms with Crippen molar-refractivity contribution in [1.29, 1.82) is 0 Å². The van der Waals surface area contributed by atoms with Crippen molar-refractivity contribution in [3.8, 4) is 0 Å². The molecule has 0 aromatic rings. The van der Waals surface area contributed by atoms with E-state index >= 15 is 0 Å². The van der Waals surface area contributed by atoms with Gasteiger partial charge in [0.25, 0.3) is 0 Å². The second kappa shape index (κ2) is 5.15. The van der Waals surface area contributed by atoms with Crippen molar-refractivity contribution in [3.63, 3.8) is 0 Å². The minimum Gasteiger partial charge on any atom is -0.378 e. The molecule has 0 amide bonds. The van der Waals surface area contributed by atoms with Crippen LogP contribution in [0.2, 0.25) is 0 Å². The van der Waals surface area contributed by atoms with Crippen LogP contribution in [0, 0.1) is 5.41 Å². The van der Waals surface area contributed by atoms with Gasteiger partial charge in [0.15, 0.2) is 0 Å². The standard InChI is InChI=1S/C12H21BrO2/c1-10-12(9-13,6-8-14-10)5-4-11-3-2-7-15-11/h10-11H,2-9H2,1H3. The van der Waals surface area contributed by atoms with E-state index < -0.39 is 0 Å². The zero-order chi connectivity index (χ0) is 10.7. The Labute approximate surface area is 101 Å². The smallest absolute Gasteiger partial charge is 0.0612 e. The van der Waals surface area contributed by atoms with Gasteiger partial charge in [-0.2, -0.15) is 0 Å². The van der Waals surface area contributed by atoms with Gasteiger partial charge in [0.05, 0.1) is 12.2 Å². The highest BCUT2D eigenvalue weighted by Gasteiger charge is 2.40. The van der Waals surface area contributed by atoms with Crippen LogP contribution in [0.1, 0.15) is 39.0 Å². The van der Waals surface area contributed by atoms with E-state index in [1.54, 1.807) is 0 Å². The molecule has 0 saturated carbocycles. The lowest BCUT2D eigenvalue weighted by molar-refractivity contribution is 0.0518. The number of hydrogen-bond acceptors (Lipinski definition) is 2. The fourth-order valence-corrected chi connectivity index (χ4v) is 3.73. The lowest BCUT2D eigenvalue weighted by Gasteiger charge is -2.31. The summed E-state index contributed by atoms with van der Waals surface area (Å²) in [6, 6.07) is 0. The molecule has 2 heterocycles. The van der Waals surface area contributed by atoms with Gasteiger partial charge >= 0.3 is 0 Å². The first-order valence-corrected chi connectivity index (χ1v) is 7.18. The van der Waals surface area contributed by atoms with E-state index in [4.69, 9.17) is 9.47 Å². The van der Waals surface area contributed by atoms with Gasteiger partial charge in [-0.15, -0.1) is 0 Å². The molecule has 2 saturated heterocycles. The Balaban J connectivity index is 1.84. The lowest BCUT2D eigenvalue weighted by atomic mass is 9.79.